The van der Waals surface area contributed by atoms with Crippen LogP contribution >= 0.6 is 0 Å². The van der Waals surface area contributed by atoms with Crippen molar-refractivity contribution in [3.63, 3.8) is 0 Å². The van der Waals surface area contributed by atoms with Gasteiger partial charge in [0.1, 0.15) is 6.10 Å². The molecule has 3 aliphatic rings. The van der Waals surface area contributed by atoms with E-state index in [-0.39, 0.29) is 17.9 Å². The Morgan fingerprint density at radius 1 is 1.12 bits per heavy atom. The molecule has 0 aromatic heterocycles. The van der Waals surface area contributed by atoms with Crippen molar-refractivity contribution in [3.8, 4) is 0 Å². The first-order valence-corrected chi connectivity index (χ1v) is 9.73. The number of hydrogen-bond donors (Lipinski definition) is 2. The summed E-state index contributed by atoms with van der Waals surface area (Å²) < 4.78 is 5.42. The lowest BCUT2D eigenvalue weighted by Crippen LogP contribution is -2.33. The normalized spacial score (nSPS) is 28.5. The molecule has 3 fully saturated rings. The van der Waals surface area contributed by atoms with Gasteiger partial charge in [-0.3, -0.25) is 9.59 Å². The molecule has 0 bridgehead atoms. The predicted molar refractivity (Wildman–Crippen MR) is 99.0 cm³/mol. The number of carbonyl (C=O) groups is 2. The first kappa shape index (κ1) is 17.5. The number of benzene rings is 1. The Balaban J connectivity index is 1.40. The van der Waals surface area contributed by atoms with Gasteiger partial charge in [0.05, 0.1) is 0 Å². The van der Waals surface area contributed by atoms with Crippen molar-refractivity contribution in [3.05, 3.63) is 29.8 Å². The lowest BCUT2D eigenvalue weighted by molar-refractivity contribution is -0.124. The minimum absolute atomic E-state index is 0.0612. The van der Waals surface area contributed by atoms with Crippen LogP contribution in [0, 0.1) is 11.8 Å². The van der Waals surface area contributed by atoms with E-state index in [4.69, 9.17) is 4.74 Å². The third kappa shape index (κ3) is 3.76. The van der Waals surface area contributed by atoms with Crippen LogP contribution < -0.4 is 10.6 Å². The molecule has 1 unspecified atom stereocenters. The van der Waals surface area contributed by atoms with Crippen LogP contribution in [0.15, 0.2) is 24.3 Å². The molecule has 2 N–H and O–H groups in total. The fraction of sp³-hybridized carbons (Fsp3) is 0.600. The van der Waals surface area contributed by atoms with Crippen molar-refractivity contribution < 1.29 is 14.3 Å². The lowest BCUT2D eigenvalue weighted by atomic mass is 9.92. The summed E-state index contributed by atoms with van der Waals surface area (Å²) in [7, 11) is 0. The largest absolute Gasteiger partial charge is 0.368 e. The van der Waals surface area contributed by atoms with Crippen molar-refractivity contribution in [1.82, 2.24) is 10.2 Å². The van der Waals surface area contributed by atoms with Gasteiger partial charge in [-0.1, -0.05) is 6.07 Å². The van der Waals surface area contributed by atoms with Crippen molar-refractivity contribution in [2.75, 3.05) is 38.1 Å². The van der Waals surface area contributed by atoms with E-state index >= 15 is 0 Å². The van der Waals surface area contributed by atoms with Crippen molar-refractivity contribution in [2.45, 2.75) is 31.8 Å². The van der Waals surface area contributed by atoms with Crippen LogP contribution in [0.25, 0.3) is 0 Å². The number of rotatable bonds is 3. The molecule has 3 saturated heterocycles. The molecule has 0 spiro atoms. The third-order valence-corrected chi connectivity index (χ3v) is 5.91. The van der Waals surface area contributed by atoms with Crippen molar-refractivity contribution in [2.24, 2.45) is 11.8 Å². The van der Waals surface area contributed by atoms with Crippen LogP contribution in [0.3, 0.4) is 0 Å². The topological polar surface area (TPSA) is 70.7 Å². The molecule has 2 amide bonds. The number of hydrogen-bond acceptors (Lipinski definition) is 4. The fourth-order valence-corrected chi connectivity index (χ4v) is 4.34. The van der Waals surface area contributed by atoms with Crippen LogP contribution in [0.2, 0.25) is 0 Å². The van der Waals surface area contributed by atoms with Gasteiger partial charge in [-0.25, -0.2) is 0 Å². The van der Waals surface area contributed by atoms with Crippen LogP contribution in [0.5, 0.6) is 0 Å². The average Bonchev–Trinajstić information content (AvgIpc) is 3.31. The molecule has 3 atom stereocenters. The molecule has 1 aromatic rings. The number of carbonyl (C=O) groups excluding carboxylic acids is 2. The molecular weight excluding hydrogens is 330 g/mol. The zero-order chi connectivity index (χ0) is 17.9. The number of amides is 2. The summed E-state index contributed by atoms with van der Waals surface area (Å²) in [5, 5.41) is 6.35. The van der Waals surface area contributed by atoms with Gasteiger partial charge in [0, 0.05) is 30.9 Å². The SMILES string of the molecule is O=C(Nc1cccc(C(=O)N2CC[C@@H]3CNC[C@@H]3CC2)c1)C1CCCO1. The molecule has 3 heterocycles. The Hall–Kier alpha value is -1.92. The van der Waals surface area contributed by atoms with Crippen LogP contribution in [0.4, 0.5) is 5.69 Å². The van der Waals surface area contributed by atoms with Gasteiger partial charge >= 0.3 is 0 Å². The molecule has 4 rings (SSSR count). The standard InChI is InChI=1S/C20H27N3O3/c24-19(18-5-2-10-26-18)22-17-4-1-3-14(11-17)20(25)23-8-6-15-12-21-13-16(15)7-9-23/h1,3-4,11,15-16,18,21H,2,5-10,12-13H2,(H,22,24)/t15-,16+,18?. The Morgan fingerprint density at radius 3 is 2.58 bits per heavy atom. The zero-order valence-corrected chi connectivity index (χ0v) is 15.1. The molecular formula is C20H27N3O3. The van der Waals surface area contributed by atoms with Gasteiger partial charge in [0.25, 0.3) is 11.8 Å². The molecule has 26 heavy (non-hydrogen) atoms. The zero-order valence-electron chi connectivity index (χ0n) is 15.1. The van der Waals surface area contributed by atoms with E-state index in [0.29, 0.717) is 29.7 Å². The Kier molecular flexibility index (Phi) is 5.22. The second-order valence-electron chi connectivity index (χ2n) is 7.62. The lowest BCUT2D eigenvalue weighted by Gasteiger charge is -2.21. The second-order valence-corrected chi connectivity index (χ2v) is 7.62. The molecule has 6 heteroatoms. The molecule has 140 valence electrons. The summed E-state index contributed by atoms with van der Waals surface area (Å²) in [5.74, 6) is 1.34. The molecule has 3 aliphatic heterocycles. The Labute approximate surface area is 154 Å². The first-order chi connectivity index (χ1) is 12.7. The van der Waals surface area contributed by atoms with E-state index in [1.54, 1.807) is 6.07 Å². The maximum Gasteiger partial charge on any atom is 0.253 e. The quantitative estimate of drug-likeness (QED) is 0.866. The summed E-state index contributed by atoms with van der Waals surface area (Å²) in [6.45, 7) is 4.43. The highest BCUT2D eigenvalue weighted by atomic mass is 16.5. The average molecular weight is 357 g/mol. The second kappa shape index (κ2) is 7.76. The van der Waals surface area contributed by atoms with Crippen molar-refractivity contribution >= 4 is 17.5 Å². The van der Waals surface area contributed by atoms with Crippen LogP contribution in [-0.4, -0.2) is 55.6 Å². The number of ether oxygens (including phenoxy) is 1. The molecule has 1 aromatic carbocycles. The third-order valence-electron chi connectivity index (χ3n) is 5.91. The summed E-state index contributed by atoms with van der Waals surface area (Å²) in [6.07, 6.45) is 3.45. The first-order valence-electron chi connectivity index (χ1n) is 9.73. The maximum atomic E-state index is 12.9. The van der Waals surface area contributed by atoms with Gasteiger partial charge in [-0.2, -0.15) is 0 Å². The number of nitrogens with one attached hydrogen (secondary N) is 2. The Bertz CT molecular complexity index is 658. The van der Waals surface area contributed by atoms with E-state index in [1.807, 2.05) is 23.1 Å². The maximum absolute atomic E-state index is 12.9. The van der Waals surface area contributed by atoms with Gasteiger partial charge < -0.3 is 20.3 Å². The summed E-state index contributed by atoms with van der Waals surface area (Å²) in [4.78, 5) is 27.1. The van der Waals surface area contributed by atoms with E-state index in [9.17, 15) is 9.59 Å². The highest BCUT2D eigenvalue weighted by Gasteiger charge is 2.31. The van der Waals surface area contributed by atoms with Gasteiger partial charge in [0.15, 0.2) is 0 Å². The van der Waals surface area contributed by atoms with Crippen LogP contribution in [0.1, 0.15) is 36.0 Å². The van der Waals surface area contributed by atoms with E-state index in [2.05, 4.69) is 10.6 Å². The van der Waals surface area contributed by atoms with Crippen LogP contribution in [-0.2, 0) is 9.53 Å². The molecule has 0 saturated carbocycles. The number of fused-ring (bicyclic) bond motifs is 1. The molecule has 0 aliphatic carbocycles. The number of anilines is 1. The Morgan fingerprint density at radius 2 is 1.88 bits per heavy atom. The highest BCUT2D eigenvalue weighted by molar-refractivity contribution is 5.98. The van der Waals surface area contributed by atoms with E-state index in [1.165, 1.54) is 0 Å². The fourth-order valence-electron chi connectivity index (χ4n) is 4.34. The summed E-state index contributed by atoms with van der Waals surface area (Å²) >= 11 is 0. The predicted octanol–water partition coefficient (Wildman–Crippen LogP) is 1.88. The number of nitrogens with zero attached hydrogens (tertiary/aromatic N) is 1. The minimum Gasteiger partial charge on any atom is -0.368 e. The van der Waals surface area contributed by atoms with Gasteiger partial charge in [-0.05, 0) is 68.8 Å². The van der Waals surface area contributed by atoms with Gasteiger partial charge in [-0.15, -0.1) is 0 Å². The molecule has 6 nitrogen and oxygen atoms in total. The smallest absolute Gasteiger partial charge is 0.253 e. The van der Waals surface area contributed by atoms with E-state index < -0.39 is 0 Å². The van der Waals surface area contributed by atoms with Gasteiger partial charge in [0.2, 0.25) is 0 Å². The summed E-state index contributed by atoms with van der Waals surface area (Å²) in [6, 6.07) is 7.26. The van der Waals surface area contributed by atoms with E-state index in [0.717, 1.165) is 51.9 Å². The monoisotopic (exact) mass is 357 g/mol. The van der Waals surface area contributed by atoms with Crippen molar-refractivity contribution in [1.29, 1.82) is 0 Å². The highest BCUT2D eigenvalue weighted by Crippen LogP contribution is 2.28. The summed E-state index contributed by atoms with van der Waals surface area (Å²) in [5.41, 5.74) is 1.30. The minimum atomic E-state index is -0.368. The number of likely N-dealkylation sites (tertiary alicyclic amines) is 1. The molecule has 0 radical (unpaired) electrons.